The second kappa shape index (κ2) is 6.32. The average Bonchev–Trinajstić information content (AvgIpc) is 3.24. The number of sulfone groups is 1. The van der Waals surface area contributed by atoms with Crippen LogP contribution >= 0.6 is 11.3 Å². The van der Waals surface area contributed by atoms with E-state index in [0.29, 0.717) is 18.9 Å². The number of nitrogens with zero attached hydrogens (tertiary/aromatic N) is 3. The van der Waals surface area contributed by atoms with Crippen LogP contribution < -0.4 is 5.32 Å². The number of aryl methyl sites for hydroxylation is 1. The van der Waals surface area contributed by atoms with Gasteiger partial charge in [0.15, 0.2) is 15.1 Å². The maximum absolute atomic E-state index is 12.2. The number of nitrogens with one attached hydrogen (secondary N) is 1. The van der Waals surface area contributed by atoms with Crippen molar-refractivity contribution in [3.05, 3.63) is 40.5 Å². The highest BCUT2D eigenvalue weighted by Gasteiger charge is 2.34. The van der Waals surface area contributed by atoms with E-state index in [-0.39, 0.29) is 11.6 Å². The summed E-state index contributed by atoms with van der Waals surface area (Å²) in [5.41, 5.74) is 2.62. The minimum atomic E-state index is -3.26. The number of rotatable bonds is 3. The maximum atomic E-state index is 12.2. The fraction of sp³-hybridized carbons (Fsp3) is 0.312. The molecule has 4 rings (SSSR count). The van der Waals surface area contributed by atoms with E-state index >= 15 is 0 Å². The topological polar surface area (TPSA) is 98.0 Å². The molecule has 25 heavy (non-hydrogen) atoms. The van der Waals surface area contributed by atoms with Crippen LogP contribution in [0.1, 0.15) is 16.1 Å². The Bertz CT molecular complexity index is 1010. The van der Waals surface area contributed by atoms with E-state index in [1.54, 1.807) is 11.3 Å². The first kappa shape index (κ1) is 16.4. The average molecular weight is 376 g/mol. The van der Waals surface area contributed by atoms with Gasteiger partial charge in [-0.2, -0.15) is 4.98 Å². The molecule has 1 aliphatic heterocycles. The Hall–Kier alpha value is -2.10. The molecule has 9 heteroatoms. The second-order valence-corrected chi connectivity index (χ2v) is 9.21. The molecule has 1 aromatic carbocycles. The summed E-state index contributed by atoms with van der Waals surface area (Å²) < 4.78 is 29.6. The number of thiazole rings is 1. The molecule has 7 nitrogen and oxygen atoms in total. The third-order valence-corrected chi connectivity index (χ3v) is 6.86. The van der Waals surface area contributed by atoms with Crippen molar-refractivity contribution in [2.24, 2.45) is 0 Å². The number of hydrogen-bond acceptors (Lipinski definition) is 8. The number of aromatic nitrogens is 3. The Morgan fingerprint density at radius 2 is 2.12 bits per heavy atom. The number of benzene rings is 1. The first-order valence-corrected chi connectivity index (χ1v) is 10.4. The predicted molar refractivity (Wildman–Crippen MR) is 95.0 cm³/mol. The smallest absolute Gasteiger partial charge is 0.246 e. The van der Waals surface area contributed by atoms with Gasteiger partial charge in [-0.1, -0.05) is 23.4 Å². The Morgan fingerprint density at radius 1 is 1.28 bits per heavy atom. The third kappa shape index (κ3) is 3.22. The fourth-order valence-electron chi connectivity index (χ4n) is 2.75. The van der Waals surface area contributed by atoms with Crippen LogP contribution in [0.4, 0.5) is 0 Å². The van der Waals surface area contributed by atoms with Gasteiger partial charge in [0.2, 0.25) is 11.7 Å². The van der Waals surface area contributed by atoms with Crippen molar-refractivity contribution in [1.29, 1.82) is 0 Å². The van der Waals surface area contributed by atoms with E-state index in [9.17, 15) is 8.42 Å². The van der Waals surface area contributed by atoms with E-state index in [2.05, 4.69) is 20.4 Å². The summed E-state index contributed by atoms with van der Waals surface area (Å²) in [6, 6.07) is 7.66. The summed E-state index contributed by atoms with van der Waals surface area (Å²) in [5, 5.41) is 9.24. The summed E-state index contributed by atoms with van der Waals surface area (Å²) >= 11 is 1.59. The van der Waals surface area contributed by atoms with Gasteiger partial charge in [0, 0.05) is 29.6 Å². The van der Waals surface area contributed by atoms with E-state index in [1.807, 2.05) is 36.6 Å². The van der Waals surface area contributed by atoms with Crippen molar-refractivity contribution in [3.63, 3.8) is 0 Å². The van der Waals surface area contributed by atoms with Crippen LogP contribution in [0.25, 0.3) is 22.6 Å². The molecule has 0 radical (unpaired) electrons. The lowest BCUT2D eigenvalue weighted by Gasteiger charge is -2.19. The lowest BCUT2D eigenvalue weighted by molar-refractivity contribution is 0.367. The minimum absolute atomic E-state index is 0.0774. The second-order valence-electron chi connectivity index (χ2n) is 5.85. The molecule has 3 aromatic rings. The largest absolute Gasteiger partial charge is 0.337 e. The van der Waals surface area contributed by atoms with Gasteiger partial charge in [-0.05, 0) is 13.0 Å². The molecule has 0 spiro atoms. The van der Waals surface area contributed by atoms with Crippen molar-refractivity contribution in [2.75, 3.05) is 18.8 Å². The molecule has 0 saturated carbocycles. The lowest BCUT2D eigenvalue weighted by Crippen LogP contribution is -2.38. The van der Waals surface area contributed by atoms with Gasteiger partial charge in [0.25, 0.3) is 0 Å². The highest BCUT2D eigenvalue weighted by molar-refractivity contribution is 7.91. The summed E-state index contributed by atoms with van der Waals surface area (Å²) in [4.78, 5) is 8.81. The van der Waals surface area contributed by atoms with Gasteiger partial charge in [0.1, 0.15) is 0 Å². The molecule has 130 valence electrons. The molecule has 1 saturated heterocycles. The zero-order valence-corrected chi connectivity index (χ0v) is 15.1. The Balaban J connectivity index is 1.66. The molecule has 1 atom stereocenters. The van der Waals surface area contributed by atoms with Gasteiger partial charge in [0.05, 0.1) is 16.5 Å². The monoisotopic (exact) mass is 376 g/mol. The van der Waals surface area contributed by atoms with Crippen LogP contribution in [-0.4, -0.2) is 42.4 Å². The summed E-state index contributed by atoms with van der Waals surface area (Å²) in [5.74, 6) is 0.593. The van der Waals surface area contributed by atoms with Crippen LogP contribution in [-0.2, 0) is 9.84 Å². The van der Waals surface area contributed by atoms with Gasteiger partial charge in [-0.3, -0.25) is 0 Å². The first-order valence-electron chi connectivity index (χ1n) is 7.82. The van der Waals surface area contributed by atoms with Gasteiger partial charge >= 0.3 is 0 Å². The molecule has 1 N–H and O–H groups in total. The van der Waals surface area contributed by atoms with Crippen molar-refractivity contribution in [2.45, 2.75) is 12.2 Å². The molecule has 1 aliphatic rings. The quantitative estimate of drug-likeness (QED) is 0.748. The first-order chi connectivity index (χ1) is 12.0. The van der Waals surface area contributed by atoms with E-state index < -0.39 is 15.1 Å². The van der Waals surface area contributed by atoms with Gasteiger partial charge in [-0.25, -0.2) is 13.4 Å². The zero-order chi connectivity index (χ0) is 17.4. The highest BCUT2D eigenvalue weighted by Crippen LogP contribution is 2.28. The van der Waals surface area contributed by atoms with E-state index in [4.69, 9.17) is 4.52 Å². The molecule has 1 fully saturated rings. The minimum Gasteiger partial charge on any atom is -0.337 e. The summed E-state index contributed by atoms with van der Waals surface area (Å²) in [6.45, 7) is 2.71. The highest BCUT2D eigenvalue weighted by atomic mass is 32.2. The lowest BCUT2D eigenvalue weighted by atomic mass is 10.1. The van der Waals surface area contributed by atoms with Crippen molar-refractivity contribution in [3.8, 4) is 22.6 Å². The predicted octanol–water partition coefficient (Wildman–Crippen LogP) is 2.23. The number of hydrogen-bond donors (Lipinski definition) is 1. The van der Waals surface area contributed by atoms with Crippen molar-refractivity contribution in [1.82, 2.24) is 20.4 Å². The van der Waals surface area contributed by atoms with Crippen LogP contribution in [0.2, 0.25) is 0 Å². The molecular formula is C16H16N4O3S2. The van der Waals surface area contributed by atoms with E-state index in [1.165, 1.54) is 0 Å². The van der Waals surface area contributed by atoms with Crippen molar-refractivity contribution < 1.29 is 12.9 Å². The van der Waals surface area contributed by atoms with Gasteiger partial charge < -0.3 is 9.84 Å². The van der Waals surface area contributed by atoms with Gasteiger partial charge in [-0.15, -0.1) is 11.3 Å². The fourth-order valence-corrected chi connectivity index (χ4v) is 4.86. The third-order valence-electron chi connectivity index (χ3n) is 4.08. The molecular weight excluding hydrogens is 360 g/mol. The Labute approximate surface area is 149 Å². The molecule has 2 aromatic heterocycles. The normalized spacial score (nSPS) is 19.8. The molecule has 0 bridgehead atoms. The SMILES string of the molecule is Cc1nc(-c2cccc(-c3noc(C4CNCCS4(=O)=O)n3)c2)cs1. The Kier molecular flexibility index (Phi) is 4.14. The van der Waals surface area contributed by atoms with Crippen LogP contribution in [0.3, 0.4) is 0 Å². The van der Waals surface area contributed by atoms with E-state index in [0.717, 1.165) is 21.8 Å². The van der Waals surface area contributed by atoms with Crippen LogP contribution in [0, 0.1) is 6.92 Å². The standard InChI is InChI=1S/C16H16N4O3S2/c1-10-18-13(9-24-10)11-3-2-4-12(7-11)15-19-16(23-20-15)14-8-17-5-6-25(14,21)22/h2-4,7,9,14,17H,5-6,8H2,1H3. The van der Waals surface area contributed by atoms with Crippen molar-refractivity contribution >= 4 is 21.2 Å². The summed E-state index contributed by atoms with van der Waals surface area (Å²) in [7, 11) is -3.26. The molecule has 0 aliphatic carbocycles. The van der Waals surface area contributed by atoms with Crippen LogP contribution in [0.15, 0.2) is 34.2 Å². The molecule has 0 amide bonds. The zero-order valence-electron chi connectivity index (χ0n) is 13.5. The Morgan fingerprint density at radius 3 is 2.88 bits per heavy atom. The maximum Gasteiger partial charge on any atom is 0.246 e. The molecule has 1 unspecified atom stereocenters. The summed E-state index contributed by atoms with van der Waals surface area (Å²) in [6.07, 6.45) is 0. The molecule has 3 heterocycles. The van der Waals surface area contributed by atoms with Crippen LogP contribution in [0.5, 0.6) is 0 Å².